The third kappa shape index (κ3) is 19.6. The molecule has 0 aliphatic carbocycles. The van der Waals surface area contributed by atoms with Crippen LogP contribution in [0.4, 0.5) is 0 Å². The minimum atomic E-state index is -3.78. The molecule has 0 atom stereocenters. The van der Waals surface area contributed by atoms with Gasteiger partial charge in [0.05, 0.1) is 5.75 Å². The van der Waals surface area contributed by atoms with E-state index in [0.29, 0.717) is 6.42 Å². The molecule has 0 aromatic heterocycles. The monoisotopic (exact) mass is 318 g/mol. The molecule has 0 aromatic carbocycles. The fourth-order valence-electron chi connectivity index (χ4n) is 2.32. The van der Waals surface area contributed by atoms with E-state index >= 15 is 0 Å². The Balaban J connectivity index is 3.18. The van der Waals surface area contributed by atoms with Gasteiger partial charge in [-0.15, -0.1) is 0 Å². The maximum absolute atomic E-state index is 10.5. The SMILES string of the molecule is CC(C)CCCCCCCCCC=CCCCS(=O)(=O)O. The van der Waals surface area contributed by atoms with Gasteiger partial charge in [-0.25, -0.2) is 0 Å². The summed E-state index contributed by atoms with van der Waals surface area (Å²) in [6.07, 6.45) is 17.2. The predicted octanol–water partition coefficient (Wildman–Crippen LogP) is 5.38. The first-order chi connectivity index (χ1) is 9.92. The second kappa shape index (κ2) is 13.3. The molecule has 0 rings (SSSR count). The summed E-state index contributed by atoms with van der Waals surface area (Å²) in [6.45, 7) is 4.58. The van der Waals surface area contributed by atoms with Gasteiger partial charge in [0.25, 0.3) is 10.1 Å². The lowest BCUT2D eigenvalue weighted by molar-refractivity contribution is 0.481. The van der Waals surface area contributed by atoms with E-state index in [1.165, 1.54) is 51.4 Å². The summed E-state index contributed by atoms with van der Waals surface area (Å²) < 4.78 is 29.6. The number of unbranched alkanes of at least 4 members (excludes halogenated alkanes) is 8. The molecule has 21 heavy (non-hydrogen) atoms. The van der Waals surface area contributed by atoms with E-state index in [1.807, 2.05) is 6.08 Å². The lowest BCUT2D eigenvalue weighted by Crippen LogP contribution is -2.02. The average molecular weight is 319 g/mol. The van der Waals surface area contributed by atoms with E-state index in [9.17, 15) is 8.42 Å². The van der Waals surface area contributed by atoms with Gasteiger partial charge in [-0.2, -0.15) is 8.42 Å². The molecule has 0 saturated heterocycles. The van der Waals surface area contributed by atoms with Crippen LogP contribution < -0.4 is 0 Å². The fourth-order valence-corrected chi connectivity index (χ4v) is 2.85. The third-order valence-corrected chi connectivity index (χ3v) is 4.40. The Bertz CT molecular complexity index is 345. The summed E-state index contributed by atoms with van der Waals surface area (Å²) in [5.41, 5.74) is 0. The van der Waals surface area contributed by atoms with Crippen molar-refractivity contribution in [1.29, 1.82) is 0 Å². The highest BCUT2D eigenvalue weighted by Crippen LogP contribution is 2.12. The van der Waals surface area contributed by atoms with Crippen LogP contribution in [0.25, 0.3) is 0 Å². The van der Waals surface area contributed by atoms with Gasteiger partial charge in [0.15, 0.2) is 0 Å². The Morgan fingerprint density at radius 3 is 1.81 bits per heavy atom. The highest BCUT2D eigenvalue weighted by Gasteiger charge is 2.01. The van der Waals surface area contributed by atoms with Crippen molar-refractivity contribution in [3.05, 3.63) is 12.2 Å². The summed E-state index contributed by atoms with van der Waals surface area (Å²) >= 11 is 0. The summed E-state index contributed by atoms with van der Waals surface area (Å²) in [7, 11) is -3.78. The van der Waals surface area contributed by atoms with Crippen molar-refractivity contribution in [2.75, 3.05) is 5.75 Å². The van der Waals surface area contributed by atoms with Gasteiger partial charge in [-0.1, -0.05) is 70.9 Å². The van der Waals surface area contributed by atoms with Crippen LogP contribution in [-0.2, 0) is 10.1 Å². The Kier molecular flexibility index (Phi) is 13.1. The molecule has 0 bridgehead atoms. The highest BCUT2D eigenvalue weighted by molar-refractivity contribution is 7.85. The van der Waals surface area contributed by atoms with E-state index in [-0.39, 0.29) is 5.75 Å². The molecule has 0 amide bonds. The molecule has 126 valence electrons. The normalized spacial score (nSPS) is 12.6. The maximum Gasteiger partial charge on any atom is 0.264 e. The molecule has 0 heterocycles. The van der Waals surface area contributed by atoms with Gasteiger partial charge in [-0.05, 0) is 31.6 Å². The molecule has 0 spiro atoms. The summed E-state index contributed by atoms with van der Waals surface area (Å²) in [5.74, 6) is 0.711. The second-order valence-corrected chi connectivity index (χ2v) is 7.92. The highest BCUT2D eigenvalue weighted by atomic mass is 32.2. The zero-order valence-corrected chi connectivity index (χ0v) is 14.7. The summed E-state index contributed by atoms with van der Waals surface area (Å²) in [5, 5.41) is 0. The quantitative estimate of drug-likeness (QED) is 0.266. The average Bonchev–Trinajstić information content (AvgIpc) is 2.37. The molecular weight excluding hydrogens is 284 g/mol. The lowest BCUT2D eigenvalue weighted by Gasteiger charge is -2.04. The molecule has 0 aliphatic heterocycles. The smallest absolute Gasteiger partial charge is 0.264 e. The van der Waals surface area contributed by atoms with Gasteiger partial charge in [0, 0.05) is 0 Å². The van der Waals surface area contributed by atoms with E-state index in [4.69, 9.17) is 4.55 Å². The summed E-state index contributed by atoms with van der Waals surface area (Å²) in [6, 6.07) is 0. The first kappa shape index (κ1) is 20.6. The van der Waals surface area contributed by atoms with Crippen LogP contribution in [0.5, 0.6) is 0 Å². The van der Waals surface area contributed by atoms with E-state index in [2.05, 4.69) is 19.9 Å². The van der Waals surface area contributed by atoms with Crippen LogP contribution in [-0.4, -0.2) is 18.7 Å². The largest absolute Gasteiger partial charge is 0.286 e. The minimum Gasteiger partial charge on any atom is -0.286 e. The number of hydrogen-bond acceptors (Lipinski definition) is 2. The molecule has 0 radical (unpaired) electrons. The van der Waals surface area contributed by atoms with Crippen molar-refractivity contribution in [3.63, 3.8) is 0 Å². The first-order valence-electron chi connectivity index (χ1n) is 8.52. The summed E-state index contributed by atoms with van der Waals surface area (Å²) in [4.78, 5) is 0. The van der Waals surface area contributed by atoms with Crippen LogP contribution in [0.2, 0.25) is 0 Å². The second-order valence-electron chi connectivity index (χ2n) is 6.35. The Hall–Kier alpha value is -0.350. The molecule has 0 fully saturated rings. The molecule has 0 aliphatic rings. The van der Waals surface area contributed by atoms with Crippen LogP contribution in [0.1, 0.15) is 84.5 Å². The van der Waals surface area contributed by atoms with E-state index in [0.717, 1.165) is 18.8 Å². The number of allylic oxidation sites excluding steroid dienone is 2. The molecule has 0 saturated carbocycles. The van der Waals surface area contributed by atoms with Crippen molar-refractivity contribution >= 4 is 10.1 Å². The predicted molar refractivity (Wildman–Crippen MR) is 91.2 cm³/mol. The molecule has 0 aromatic rings. The van der Waals surface area contributed by atoms with E-state index < -0.39 is 10.1 Å². The molecule has 3 nitrogen and oxygen atoms in total. The van der Waals surface area contributed by atoms with Gasteiger partial charge < -0.3 is 0 Å². The Morgan fingerprint density at radius 1 is 0.810 bits per heavy atom. The van der Waals surface area contributed by atoms with Crippen LogP contribution in [0, 0.1) is 5.92 Å². The van der Waals surface area contributed by atoms with Crippen LogP contribution in [0.3, 0.4) is 0 Å². The third-order valence-electron chi connectivity index (χ3n) is 3.59. The molecule has 0 unspecified atom stereocenters. The minimum absolute atomic E-state index is 0.131. The molecule has 4 heteroatoms. The van der Waals surface area contributed by atoms with Crippen molar-refractivity contribution in [2.45, 2.75) is 84.5 Å². The van der Waals surface area contributed by atoms with Crippen molar-refractivity contribution in [2.24, 2.45) is 5.92 Å². The van der Waals surface area contributed by atoms with Gasteiger partial charge >= 0.3 is 0 Å². The molecule has 1 N–H and O–H groups in total. The van der Waals surface area contributed by atoms with Gasteiger partial charge in [-0.3, -0.25) is 4.55 Å². The fraction of sp³-hybridized carbons (Fsp3) is 0.882. The molecular formula is C17H34O3S. The standard InChI is InChI=1S/C17H34O3S/c1-17(2)15-13-11-9-7-5-3-4-6-8-10-12-14-16-21(18,19)20/h8,10,17H,3-7,9,11-16H2,1-2H3,(H,18,19,20). The van der Waals surface area contributed by atoms with Crippen molar-refractivity contribution in [1.82, 2.24) is 0 Å². The van der Waals surface area contributed by atoms with Crippen LogP contribution >= 0.6 is 0 Å². The zero-order chi connectivity index (χ0) is 16.0. The Labute approximate surface area is 132 Å². The van der Waals surface area contributed by atoms with Crippen molar-refractivity contribution in [3.8, 4) is 0 Å². The van der Waals surface area contributed by atoms with E-state index in [1.54, 1.807) is 0 Å². The maximum atomic E-state index is 10.5. The number of hydrogen-bond donors (Lipinski definition) is 1. The van der Waals surface area contributed by atoms with Crippen molar-refractivity contribution < 1.29 is 13.0 Å². The number of rotatable bonds is 14. The first-order valence-corrected chi connectivity index (χ1v) is 10.1. The van der Waals surface area contributed by atoms with Gasteiger partial charge in [0.2, 0.25) is 0 Å². The van der Waals surface area contributed by atoms with Crippen LogP contribution in [0.15, 0.2) is 12.2 Å². The lowest BCUT2D eigenvalue weighted by atomic mass is 10.0. The topological polar surface area (TPSA) is 54.4 Å². The van der Waals surface area contributed by atoms with Gasteiger partial charge in [0.1, 0.15) is 0 Å². The Morgan fingerprint density at radius 2 is 1.29 bits per heavy atom. The zero-order valence-electron chi connectivity index (χ0n) is 13.9.